The van der Waals surface area contributed by atoms with E-state index >= 15 is 0 Å². The highest BCUT2D eigenvalue weighted by Gasteiger charge is 2.19. The van der Waals surface area contributed by atoms with Crippen molar-refractivity contribution in [3.05, 3.63) is 53.6 Å². The number of anilines is 1. The average molecular weight is 382 g/mol. The van der Waals surface area contributed by atoms with E-state index in [1.165, 1.54) is 11.1 Å². The van der Waals surface area contributed by atoms with Crippen molar-refractivity contribution in [3.63, 3.8) is 0 Å². The molecule has 0 saturated carbocycles. The third kappa shape index (κ3) is 4.50. The predicted octanol–water partition coefficient (Wildman–Crippen LogP) is 2.76. The number of carbonyl (C=O) groups excluding carboxylic acids is 1. The number of piperazine rings is 1. The number of benzene rings is 2. The molecule has 7 heteroatoms. The molecule has 0 unspecified atom stereocenters. The molecule has 2 aromatic carbocycles. The van der Waals surface area contributed by atoms with Crippen LogP contribution in [-0.4, -0.2) is 57.2 Å². The summed E-state index contributed by atoms with van der Waals surface area (Å²) in [7, 11) is 0. The number of aryl methyl sites for hydroxylation is 1. The lowest BCUT2D eigenvalue weighted by Gasteiger charge is -2.34. The van der Waals surface area contributed by atoms with Crippen molar-refractivity contribution in [1.29, 1.82) is 0 Å². The molecule has 0 aliphatic carbocycles. The van der Waals surface area contributed by atoms with Crippen molar-refractivity contribution < 1.29 is 4.79 Å². The van der Waals surface area contributed by atoms with E-state index in [0.29, 0.717) is 6.54 Å². The molecule has 0 spiro atoms. The molecule has 6 nitrogen and oxygen atoms in total. The molecule has 1 amide bonds. The molecule has 1 fully saturated rings. The maximum absolute atomic E-state index is 12.4. The lowest BCUT2D eigenvalue weighted by molar-refractivity contribution is -0.117. The lowest BCUT2D eigenvalue weighted by atomic mass is 10.1. The summed E-state index contributed by atoms with van der Waals surface area (Å²) in [5.74, 6) is 0.00244. The van der Waals surface area contributed by atoms with Crippen molar-refractivity contribution in [2.24, 2.45) is 0 Å². The van der Waals surface area contributed by atoms with E-state index in [0.717, 1.165) is 61.2 Å². The molecule has 0 atom stereocenters. The smallest absolute Gasteiger partial charge is 0.238 e. The minimum Gasteiger partial charge on any atom is -0.323 e. The Morgan fingerprint density at radius 1 is 1.07 bits per heavy atom. The fourth-order valence-corrected chi connectivity index (χ4v) is 4.02. The Hall–Kier alpha value is -2.35. The average Bonchev–Trinajstić information content (AvgIpc) is 3.13. The molecule has 1 saturated heterocycles. The van der Waals surface area contributed by atoms with Crippen LogP contribution in [0.3, 0.4) is 0 Å². The molecule has 1 aromatic heterocycles. The summed E-state index contributed by atoms with van der Waals surface area (Å²) in [6.45, 7) is 7.28. The van der Waals surface area contributed by atoms with Crippen molar-refractivity contribution >= 4 is 34.4 Å². The van der Waals surface area contributed by atoms with Crippen LogP contribution in [0.5, 0.6) is 0 Å². The van der Waals surface area contributed by atoms with E-state index in [2.05, 4.69) is 55.1 Å². The number of fused-ring (bicyclic) bond motifs is 1. The molecule has 1 aliphatic rings. The first kappa shape index (κ1) is 18.0. The van der Waals surface area contributed by atoms with Crippen LogP contribution >= 0.6 is 11.7 Å². The first-order chi connectivity index (χ1) is 13.2. The van der Waals surface area contributed by atoms with Gasteiger partial charge in [0.15, 0.2) is 0 Å². The number of rotatable bonds is 5. The summed E-state index contributed by atoms with van der Waals surface area (Å²) in [4.78, 5) is 17.1. The van der Waals surface area contributed by atoms with E-state index in [4.69, 9.17) is 0 Å². The number of hydrogen-bond acceptors (Lipinski definition) is 6. The van der Waals surface area contributed by atoms with E-state index in [1.54, 1.807) is 0 Å². The standard InChI is InChI=1S/C20H23N5OS/c1-15-4-2-5-16(12-15)13-24-8-10-25(11-9-24)14-19(26)21-17-6-3-7-18-20(17)23-27-22-18/h2-7,12H,8-11,13-14H2,1H3,(H,21,26). The van der Waals surface area contributed by atoms with Gasteiger partial charge in [0.2, 0.25) is 5.91 Å². The molecule has 140 valence electrons. The van der Waals surface area contributed by atoms with Crippen LogP contribution in [0.15, 0.2) is 42.5 Å². The summed E-state index contributed by atoms with van der Waals surface area (Å²) in [6.07, 6.45) is 0. The monoisotopic (exact) mass is 381 g/mol. The zero-order valence-electron chi connectivity index (χ0n) is 15.4. The SMILES string of the molecule is Cc1cccc(CN2CCN(CC(=O)Nc3cccc4nsnc34)CC2)c1. The Morgan fingerprint density at radius 2 is 1.85 bits per heavy atom. The van der Waals surface area contributed by atoms with Crippen molar-refractivity contribution in [2.45, 2.75) is 13.5 Å². The normalized spacial score (nSPS) is 15.9. The fraction of sp³-hybridized carbons (Fsp3) is 0.350. The minimum atomic E-state index is 0.00244. The third-order valence-corrected chi connectivity index (χ3v) is 5.42. The number of hydrogen-bond donors (Lipinski definition) is 1. The summed E-state index contributed by atoms with van der Waals surface area (Å²) in [5.41, 5.74) is 4.98. The molecule has 27 heavy (non-hydrogen) atoms. The lowest BCUT2D eigenvalue weighted by Crippen LogP contribution is -2.48. The predicted molar refractivity (Wildman–Crippen MR) is 109 cm³/mol. The van der Waals surface area contributed by atoms with E-state index < -0.39 is 0 Å². The van der Waals surface area contributed by atoms with Gasteiger partial charge in [-0.2, -0.15) is 8.75 Å². The zero-order valence-corrected chi connectivity index (χ0v) is 16.2. The van der Waals surface area contributed by atoms with Crippen molar-refractivity contribution in [1.82, 2.24) is 18.5 Å². The highest BCUT2D eigenvalue weighted by atomic mass is 32.1. The van der Waals surface area contributed by atoms with Gasteiger partial charge in [-0.1, -0.05) is 35.9 Å². The highest BCUT2D eigenvalue weighted by Crippen LogP contribution is 2.21. The number of carbonyl (C=O) groups is 1. The Labute approximate surface area is 163 Å². The Kier molecular flexibility index (Phi) is 5.42. The van der Waals surface area contributed by atoms with Crippen LogP contribution in [0.4, 0.5) is 5.69 Å². The largest absolute Gasteiger partial charge is 0.323 e. The van der Waals surface area contributed by atoms with Crippen LogP contribution in [0, 0.1) is 6.92 Å². The van der Waals surface area contributed by atoms with Gasteiger partial charge in [0, 0.05) is 32.7 Å². The van der Waals surface area contributed by atoms with E-state index in [-0.39, 0.29) is 5.91 Å². The van der Waals surface area contributed by atoms with Gasteiger partial charge in [0.1, 0.15) is 11.0 Å². The van der Waals surface area contributed by atoms with Gasteiger partial charge in [-0.05, 0) is 24.6 Å². The second-order valence-electron chi connectivity index (χ2n) is 7.03. The third-order valence-electron chi connectivity index (χ3n) is 4.88. The van der Waals surface area contributed by atoms with Gasteiger partial charge in [-0.25, -0.2) is 0 Å². The fourth-order valence-electron chi connectivity index (χ4n) is 3.47. The molecule has 2 heterocycles. The van der Waals surface area contributed by atoms with Crippen LogP contribution in [0.2, 0.25) is 0 Å². The molecular formula is C20H23N5OS. The van der Waals surface area contributed by atoms with Gasteiger partial charge in [-0.15, -0.1) is 0 Å². The van der Waals surface area contributed by atoms with Gasteiger partial charge in [-0.3, -0.25) is 14.6 Å². The molecular weight excluding hydrogens is 358 g/mol. The maximum Gasteiger partial charge on any atom is 0.238 e. The van der Waals surface area contributed by atoms with Gasteiger partial charge in [0.05, 0.1) is 24.0 Å². The number of amides is 1. The number of nitrogens with one attached hydrogen (secondary N) is 1. The maximum atomic E-state index is 12.4. The summed E-state index contributed by atoms with van der Waals surface area (Å²) in [6, 6.07) is 14.3. The van der Waals surface area contributed by atoms with E-state index in [1.807, 2.05) is 18.2 Å². The van der Waals surface area contributed by atoms with Crippen molar-refractivity contribution in [2.75, 3.05) is 38.0 Å². The van der Waals surface area contributed by atoms with Gasteiger partial charge in [0.25, 0.3) is 0 Å². The van der Waals surface area contributed by atoms with Crippen LogP contribution < -0.4 is 5.32 Å². The second kappa shape index (κ2) is 8.12. The summed E-state index contributed by atoms with van der Waals surface area (Å²) >= 11 is 1.16. The Balaban J connectivity index is 1.27. The summed E-state index contributed by atoms with van der Waals surface area (Å²) < 4.78 is 8.48. The Morgan fingerprint density at radius 3 is 2.67 bits per heavy atom. The minimum absolute atomic E-state index is 0.00244. The molecule has 1 aliphatic heterocycles. The van der Waals surface area contributed by atoms with Gasteiger partial charge < -0.3 is 5.32 Å². The second-order valence-corrected chi connectivity index (χ2v) is 7.56. The van der Waals surface area contributed by atoms with Crippen molar-refractivity contribution in [3.8, 4) is 0 Å². The molecule has 0 radical (unpaired) electrons. The number of nitrogens with zero attached hydrogens (tertiary/aromatic N) is 4. The molecule has 4 rings (SSSR count). The summed E-state index contributed by atoms with van der Waals surface area (Å²) in [5, 5.41) is 2.99. The van der Waals surface area contributed by atoms with Gasteiger partial charge >= 0.3 is 0 Å². The highest BCUT2D eigenvalue weighted by molar-refractivity contribution is 7.00. The molecule has 3 aromatic rings. The first-order valence-corrected chi connectivity index (χ1v) is 9.92. The first-order valence-electron chi connectivity index (χ1n) is 9.19. The van der Waals surface area contributed by atoms with E-state index in [9.17, 15) is 4.79 Å². The topological polar surface area (TPSA) is 61.4 Å². The van der Waals surface area contributed by atoms with Crippen LogP contribution in [0.1, 0.15) is 11.1 Å². The number of aromatic nitrogens is 2. The van der Waals surface area contributed by atoms with Crippen LogP contribution in [-0.2, 0) is 11.3 Å². The molecule has 1 N–H and O–H groups in total. The Bertz CT molecular complexity index is 933. The molecule has 0 bridgehead atoms. The van der Waals surface area contributed by atoms with Crippen LogP contribution in [0.25, 0.3) is 11.0 Å². The quantitative estimate of drug-likeness (QED) is 0.736. The zero-order chi connectivity index (χ0) is 18.6.